The molecule has 0 fully saturated rings. The molecule has 0 unspecified atom stereocenters. The van der Waals surface area contributed by atoms with E-state index in [0.29, 0.717) is 0 Å². The van der Waals surface area contributed by atoms with Gasteiger partial charge in [0.25, 0.3) is 0 Å². The third-order valence-corrected chi connectivity index (χ3v) is 1.09. The first-order valence-corrected chi connectivity index (χ1v) is 2.90. The van der Waals surface area contributed by atoms with Gasteiger partial charge in [0.2, 0.25) is 0 Å². The largest absolute Gasteiger partial charge is 2.00 e. The van der Waals surface area contributed by atoms with E-state index in [1.807, 2.05) is 0 Å². The first-order chi connectivity index (χ1) is 5.72. The van der Waals surface area contributed by atoms with Crippen LogP contribution in [-0.4, -0.2) is 5.97 Å². The summed E-state index contributed by atoms with van der Waals surface area (Å²) in [6, 6.07) is 5.09. The Labute approximate surface area is 85.3 Å². The molecule has 0 aliphatic carbocycles. The second-order valence-corrected chi connectivity index (χ2v) is 1.77. The summed E-state index contributed by atoms with van der Waals surface area (Å²) in [6.45, 7) is 4.75. The van der Waals surface area contributed by atoms with Gasteiger partial charge < -0.3 is 21.7 Å². The Balaban J connectivity index is 0. The standard InChI is InChI=1S/C7H5FO2.CN.Cu/c8-6-4-2-1-3-5(6)7(9)10;1-2;/h1-4H,(H,9,10);;/q;-1;+2/p-1. The normalized spacial score (nSPS) is 7.31. The van der Waals surface area contributed by atoms with Crippen LogP contribution in [0.15, 0.2) is 24.3 Å². The number of hydrogen-bond acceptors (Lipinski definition) is 3. The molecule has 0 atom stereocenters. The molecule has 1 aromatic carbocycles. The maximum Gasteiger partial charge on any atom is 2.00 e. The molecule has 0 amide bonds. The molecule has 5 heteroatoms. The molecule has 71 valence electrons. The van der Waals surface area contributed by atoms with Crippen molar-refractivity contribution in [3.8, 4) is 0 Å². The zero-order valence-corrected chi connectivity index (χ0v) is 7.19. The van der Waals surface area contributed by atoms with E-state index in [4.69, 9.17) is 11.8 Å². The van der Waals surface area contributed by atoms with Gasteiger partial charge in [-0.1, -0.05) is 18.2 Å². The summed E-state index contributed by atoms with van der Waals surface area (Å²) in [6.07, 6.45) is 0. The molecule has 0 aliphatic rings. The molecule has 0 N–H and O–H groups in total. The van der Waals surface area contributed by atoms with Crippen molar-refractivity contribution in [1.29, 1.82) is 5.26 Å². The second-order valence-electron chi connectivity index (χ2n) is 1.77. The van der Waals surface area contributed by atoms with Gasteiger partial charge in [-0.3, -0.25) is 0 Å². The number of carboxylic acid groups (broad SMARTS) is 1. The predicted octanol–water partition coefficient (Wildman–Crippen LogP) is 0.283. The van der Waals surface area contributed by atoms with Crippen LogP contribution < -0.4 is 5.11 Å². The summed E-state index contributed by atoms with van der Waals surface area (Å²) >= 11 is 0. The van der Waals surface area contributed by atoms with E-state index in [1.54, 1.807) is 0 Å². The Morgan fingerprint density at radius 2 is 1.85 bits per heavy atom. The summed E-state index contributed by atoms with van der Waals surface area (Å²) in [5.74, 6) is -2.25. The maximum atomic E-state index is 12.4. The van der Waals surface area contributed by atoms with Gasteiger partial charge in [0.05, 0.1) is 5.97 Å². The summed E-state index contributed by atoms with van der Waals surface area (Å²) < 4.78 is 12.4. The fourth-order valence-corrected chi connectivity index (χ4v) is 0.627. The minimum Gasteiger partial charge on any atom is -0.545 e. The second kappa shape index (κ2) is 7.29. The summed E-state index contributed by atoms with van der Waals surface area (Å²) in [4.78, 5) is 10.1. The SMILES string of the molecule is O=C([O-])c1ccccc1F.[C-]#N.[Cu+2]. The number of benzene rings is 1. The number of rotatable bonds is 1. The molecule has 0 bridgehead atoms. The van der Waals surface area contributed by atoms with Crippen molar-refractivity contribution in [3.05, 3.63) is 42.2 Å². The number of halogens is 1. The van der Waals surface area contributed by atoms with E-state index in [9.17, 15) is 14.3 Å². The van der Waals surface area contributed by atoms with E-state index in [1.165, 1.54) is 12.1 Å². The maximum absolute atomic E-state index is 12.4. The molecule has 0 heterocycles. The van der Waals surface area contributed by atoms with Crippen molar-refractivity contribution in [2.24, 2.45) is 0 Å². The van der Waals surface area contributed by atoms with Crippen molar-refractivity contribution in [3.63, 3.8) is 0 Å². The average Bonchev–Trinajstić information content (AvgIpc) is 2.08. The molecule has 0 saturated carbocycles. The van der Waals surface area contributed by atoms with Crippen molar-refractivity contribution in [2.75, 3.05) is 0 Å². The van der Waals surface area contributed by atoms with Crippen molar-refractivity contribution < 1.29 is 31.4 Å². The molecule has 1 rings (SSSR count). The monoisotopic (exact) mass is 228 g/mol. The minimum absolute atomic E-state index is 0. The minimum atomic E-state index is -1.49. The Morgan fingerprint density at radius 3 is 2.15 bits per heavy atom. The molecule has 0 aliphatic heterocycles. The van der Waals surface area contributed by atoms with Gasteiger partial charge in [0.15, 0.2) is 0 Å². The van der Waals surface area contributed by atoms with Crippen LogP contribution in [0.1, 0.15) is 10.4 Å². The van der Waals surface area contributed by atoms with Crippen LogP contribution in [0.4, 0.5) is 4.39 Å². The smallest absolute Gasteiger partial charge is 0.545 e. The van der Waals surface area contributed by atoms with Gasteiger partial charge in [0.1, 0.15) is 5.82 Å². The number of hydrogen-bond donors (Lipinski definition) is 0. The van der Waals surface area contributed by atoms with E-state index < -0.39 is 17.3 Å². The summed E-state index contributed by atoms with van der Waals surface area (Å²) in [5, 5.41) is 16.3. The molecule has 1 aromatic rings. The quantitative estimate of drug-likeness (QED) is 0.513. The number of carboxylic acids is 1. The first kappa shape index (κ1) is 14.2. The number of carbonyl (C=O) groups is 1. The average molecular weight is 229 g/mol. The van der Waals surface area contributed by atoms with E-state index in [0.717, 1.165) is 12.1 Å². The van der Waals surface area contributed by atoms with Crippen LogP contribution in [0.3, 0.4) is 0 Å². The van der Waals surface area contributed by atoms with Gasteiger partial charge in [-0.15, -0.1) is 0 Å². The fraction of sp³-hybridized carbons (Fsp3) is 0. The molecular formula is C8H4CuFNO2. The van der Waals surface area contributed by atoms with E-state index >= 15 is 0 Å². The molecule has 0 spiro atoms. The molecule has 1 radical (unpaired) electrons. The van der Waals surface area contributed by atoms with Crippen molar-refractivity contribution in [1.82, 2.24) is 0 Å². The molecule has 0 aromatic heterocycles. The Hall–Kier alpha value is -1.37. The van der Waals surface area contributed by atoms with E-state index in [2.05, 4.69) is 0 Å². The van der Waals surface area contributed by atoms with Crippen LogP contribution >= 0.6 is 0 Å². The Kier molecular flexibility index (Phi) is 7.94. The molecule has 0 saturated heterocycles. The molecular weight excluding hydrogens is 225 g/mol. The zero-order chi connectivity index (χ0) is 9.56. The van der Waals surface area contributed by atoms with Crippen molar-refractivity contribution >= 4 is 5.97 Å². The third kappa shape index (κ3) is 4.26. The van der Waals surface area contributed by atoms with Crippen LogP contribution in [0.5, 0.6) is 0 Å². The topological polar surface area (TPSA) is 63.9 Å². The number of carbonyl (C=O) groups excluding carboxylic acids is 1. The Morgan fingerprint density at radius 1 is 1.38 bits per heavy atom. The summed E-state index contributed by atoms with van der Waals surface area (Å²) in [7, 11) is 0. The molecule has 13 heavy (non-hydrogen) atoms. The third-order valence-electron chi connectivity index (χ3n) is 1.09. The van der Waals surface area contributed by atoms with Crippen LogP contribution in [0.2, 0.25) is 0 Å². The van der Waals surface area contributed by atoms with Gasteiger partial charge in [-0.25, -0.2) is 4.39 Å². The zero-order valence-electron chi connectivity index (χ0n) is 6.25. The summed E-state index contributed by atoms with van der Waals surface area (Å²) in [5.41, 5.74) is -0.400. The van der Waals surface area contributed by atoms with Crippen molar-refractivity contribution in [2.45, 2.75) is 0 Å². The number of aromatic carboxylic acids is 1. The van der Waals surface area contributed by atoms with Gasteiger partial charge >= 0.3 is 17.1 Å². The van der Waals surface area contributed by atoms with E-state index in [-0.39, 0.29) is 17.1 Å². The van der Waals surface area contributed by atoms with Crippen LogP contribution in [0.25, 0.3) is 0 Å². The van der Waals surface area contributed by atoms with Crippen LogP contribution in [0, 0.1) is 17.7 Å². The number of nitrogens with zero attached hydrogens (tertiary/aromatic N) is 1. The Bertz CT molecular complexity index is 301. The van der Waals surface area contributed by atoms with Gasteiger partial charge in [-0.2, -0.15) is 0 Å². The molecule has 3 nitrogen and oxygen atoms in total. The first-order valence-electron chi connectivity index (χ1n) is 2.90. The fourth-order valence-electron chi connectivity index (χ4n) is 0.627. The van der Waals surface area contributed by atoms with Gasteiger partial charge in [-0.05, 0) is 6.07 Å². The van der Waals surface area contributed by atoms with Crippen LogP contribution in [-0.2, 0) is 17.1 Å². The predicted molar refractivity (Wildman–Crippen MR) is 35.7 cm³/mol. The van der Waals surface area contributed by atoms with Gasteiger partial charge in [0, 0.05) is 5.56 Å².